The average Bonchev–Trinajstić information content (AvgIpc) is 2.95. The Morgan fingerprint density at radius 3 is 2.75 bits per heavy atom. The first kappa shape index (κ1) is 18.7. The molecule has 0 unspecified atom stereocenters. The van der Waals surface area contributed by atoms with Crippen LogP contribution in [0.2, 0.25) is 5.02 Å². The van der Waals surface area contributed by atoms with Crippen LogP contribution in [0.3, 0.4) is 0 Å². The molecule has 28 heavy (non-hydrogen) atoms. The van der Waals surface area contributed by atoms with E-state index in [0.29, 0.717) is 34.6 Å². The van der Waals surface area contributed by atoms with Crippen LogP contribution in [0.5, 0.6) is 0 Å². The fourth-order valence-electron chi connectivity index (χ4n) is 3.56. The van der Waals surface area contributed by atoms with Crippen molar-refractivity contribution in [2.24, 2.45) is 0 Å². The third-order valence-electron chi connectivity index (χ3n) is 5.04. The van der Waals surface area contributed by atoms with Gasteiger partial charge in [-0.15, -0.1) is 0 Å². The highest BCUT2D eigenvalue weighted by Crippen LogP contribution is 2.38. The van der Waals surface area contributed by atoms with Crippen LogP contribution in [-0.4, -0.2) is 47.9 Å². The molecular weight excluding hydrogens is 378 g/mol. The Labute approximate surface area is 167 Å². The number of pyridine rings is 1. The monoisotopic (exact) mass is 397 g/mol. The highest BCUT2D eigenvalue weighted by atomic mass is 35.5. The zero-order chi connectivity index (χ0) is 20.0. The van der Waals surface area contributed by atoms with E-state index in [-0.39, 0.29) is 17.1 Å². The second-order valence-electron chi connectivity index (χ2n) is 7.26. The van der Waals surface area contributed by atoms with Gasteiger partial charge in [0.25, 0.3) is 5.91 Å². The number of hydrogen-bond acceptors (Lipinski definition) is 5. The molecule has 1 aliphatic rings. The molecule has 7 heteroatoms. The predicted molar refractivity (Wildman–Crippen MR) is 108 cm³/mol. The number of fused-ring (bicyclic) bond motifs is 2. The molecule has 0 N–H and O–H groups in total. The molecule has 0 saturated carbocycles. The summed E-state index contributed by atoms with van der Waals surface area (Å²) in [5.41, 5.74) is 2.06. The summed E-state index contributed by atoms with van der Waals surface area (Å²) in [6, 6.07) is 6.45. The van der Waals surface area contributed by atoms with Crippen LogP contribution < -0.4 is 5.43 Å². The van der Waals surface area contributed by atoms with Gasteiger partial charge in [0.2, 0.25) is 5.76 Å². The minimum Gasteiger partial charge on any atom is -0.450 e. The number of carbonyl (C=O) groups is 1. The van der Waals surface area contributed by atoms with E-state index >= 15 is 0 Å². The van der Waals surface area contributed by atoms with Crippen molar-refractivity contribution in [3.8, 4) is 0 Å². The van der Waals surface area contributed by atoms with Crippen molar-refractivity contribution in [2.45, 2.75) is 13.0 Å². The Balaban J connectivity index is 1.96. The Bertz CT molecular complexity index is 1130. The van der Waals surface area contributed by atoms with E-state index in [9.17, 15) is 9.59 Å². The molecule has 144 valence electrons. The second kappa shape index (κ2) is 7.04. The molecule has 0 radical (unpaired) electrons. The second-order valence-corrected chi connectivity index (χ2v) is 7.67. The molecule has 2 aromatic heterocycles. The van der Waals surface area contributed by atoms with Gasteiger partial charge in [0.05, 0.1) is 17.0 Å². The minimum atomic E-state index is -0.531. The number of aromatic nitrogens is 1. The van der Waals surface area contributed by atoms with Crippen molar-refractivity contribution in [2.75, 3.05) is 27.2 Å². The molecule has 0 spiro atoms. The molecule has 1 atom stereocenters. The summed E-state index contributed by atoms with van der Waals surface area (Å²) >= 11 is 6.23. The van der Waals surface area contributed by atoms with E-state index in [2.05, 4.69) is 4.98 Å². The maximum atomic E-state index is 13.4. The zero-order valence-electron chi connectivity index (χ0n) is 15.9. The Hall–Kier alpha value is -2.70. The Morgan fingerprint density at radius 1 is 1.29 bits per heavy atom. The van der Waals surface area contributed by atoms with Crippen LogP contribution in [0.15, 0.2) is 45.9 Å². The molecule has 3 heterocycles. The summed E-state index contributed by atoms with van der Waals surface area (Å²) < 4.78 is 5.94. The van der Waals surface area contributed by atoms with Crippen LogP contribution in [0.1, 0.15) is 33.3 Å². The maximum absolute atomic E-state index is 13.4. The summed E-state index contributed by atoms with van der Waals surface area (Å²) in [5, 5.41) is 0.872. The molecule has 1 aromatic carbocycles. The van der Waals surface area contributed by atoms with Crippen LogP contribution in [0, 0.1) is 6.92 Å². The van der Waals surface area contributed by atoms with Gasteiger partial charge in [-0.05, 0) is 50.3 Å². The van der Waals surface area contributed by atoms with E-state index in [0.717, 1.165) is 11.1 Å². The number of nitrogens with zero attached hydrogens (tertiary/aromatic N) is 3. The molecule has 0 fully saturated rings. The zero-order valence-corrected chi connectivity index (χ0v) is 16.7. The van der Waals surface area contributed by atoms with Gasteiger partial charge in [-0.3, -0.25) is 14.6 Å². The smallest absolute Gasteiger partial charge is 0.290 e. The predicted octanol–water partition coefficient (Wildman–Crippen LogP) is 3.26. The number of rotatable bonds is 4. The van der Waals surface area contributed by atoms with Gasteiger partial charge in [0.15, 0.2) is 5.43 Å². The van der Waals surface area contributed by atoms with Crippen molar-refractivity contribution in [3.05, 3.63) is 74.4 Å². The van der Waals surface area contributed by atoms with Gasteiger partial charge < -0.3 is 14.2 Å². The summed E-state index contributed by atoms with van der Waals surface area (Å²) in [6.45, 7) is 2.96. The summed E-state index contributed by atoms with van der Waals surface area (Å²) in [4.78, 5) is 34.4. The molecule has 1 aliphatic heterocycles. The number of hydrogen-bond donors (Lipinski definition) is 0. The number of carbonyl (C=O) groups excluding carboxylic acids is 1. The lowest BCUT2D eigenvalue weighted by molar-refractivity contribution is 0.0716. The summed E-state index contributed by atoms with van der Waals surface area (Å²) in [7, 11) is 3.88. The Kier molecular flexibility index (Phi) is 4.69. The maximum Gasteiger partial charge on any atom is 0.290 e. The molecule has 1 amide bonds. The van der Waals surface area contributed by atoms with Crippen LogP contribution in [-0.2, 0) is 0 Å². The first-order chi connectivity index (χ1) is 13.4. The molecule has 0 bridgehead atoms. The fraction of sp³-hybridized carbons (Fsp3) is 0.286. The first-order valence-corrected chi connectivity index (χ1v) is 9.38. The standard InChI is InChI=1S/C21H20ClN3O3/c1-12-9-16-14(10-15(12)22)19(26)17-18(13-5-4-6-23-11-13)25(8-7-24(2)3)21(27)20(17)28-16/h4-6,9-11,18H,7-8H2,1-3H3/t18-/m1/s1. The van der Waals surface area contributed by atoms with E-state index in [1.807, 2.05) is 32.0 Å². The molecule has 6 nitrogen and oxygen atoms in total. The van der Waals surface area contributed by atoms with Crippen molar-refractivity contribution >= 4 is 28.5 Å². The van der Waals surface area contributed by atoms with Crippen molar-refractivity contribution in [1.82, 2.24) is 14.8 Å². The number of amides is 1. The topological polar surface area (TPSA) is 66.7 Å². The third kappa shape index (κ3) is 2.99. The lowest BCUT2D eigenvalue weighted by Crippen LogP contribution is -2.35. The normalized spacial score (nSPS) is 16.2. The van der Waals surface area contributed by atoms with Gasteiger partial charge in [0.1, 0.15) is 5.58 Å². The molecule has 3 aromatic rings. The molecule has 0 aliphatic carbocycles. The quantitative estimate of drug-likeness (QED) is 0.676. The van der Waals surface area contributed by atoms with Crippen molar-refractivity contribution < 1.29 is 9.21 Å². The first-order valence-electron chi connectivity index (χ1n) is 9.01. The number of likely N-dealkylation sites (N-methyl/N-ethyl adjacent to an activating group) is 1. The summed E-state index contributed by atoms with van der Waals surface area (Å²) in [5.74, 6) is -0.177. The number of halogens is 1. The van der Waals surface area contributed by atoms with E-state index in [1.54, 1.807) is 35.5 Å². The minimum absolute atomic E-state index is 0.104. The van der Waals surface area contributed by atoms with Gasteiger partial charge in [-0.1, -0.05) is 17.7 Å². The third-order valence-corrected chi connectivity index (χ3v) is 5.44. The lowest BCUT2D eigenvalue weighted by atomic mass is 9.99. The van der Waals surface area contributed by atoms with Gasteiger partial charge in [-0.25, -0.2) is 0 Å². The Morgan fingerprint density at radius 2 is 2.07 bits per heavy atom. The highest BCUT2D eigenvalue weighted by molar-refractivity contribution is 6.32. The number of aryl methyl sites for hydroxylation is 1. The largest absolute Gasteiger partial charge is 0.450 e. The summed E-state index contributed by atoms with van der Waals surface area (Å²) in [6.07, 6.45) is 3.35. The van der Waals surface area contributed by atoms with E-state index < -0.39 is 6.04 Å². The lowest BCUT2D eigenvalue weighted by Gasteiger charge is -2.26. The molecular formula is C21H20ClN3O3. The van der Waals surface area contributed by atoms with Crippen LogP contribution in [0.4, 0.5) is 0 Å². The van der Waals surface area contributed by atoms with E-state index in [4.69, 9.17) is 16.0 Å². The van der Waals surface area contributed by atoms with Crippen LogP contribution >= 0.6 is 11.6 Å². The van der Waals surface area contributed by atoms with Gasteiger partial charge >= 0.3 is 0 Å². The molecule has 4 rings (SSSR count). The fourth-order valence-corrected chi connectivity index (χ4v) is 3.73. The highest BCUT2D eigenvalue weighted by Gasteiger charge is 2.42. The van der Waals surface area contributed by atoms with Gasteiger partial charge in [-0.2, -0.15) is 0 Å². The van der Waals surface area contributed by atoms with Crippen molar-refractivity contribution in [1.29, 1.82) is 0 Å². The van der Waals surface area contributed by atoms with Crippen LogP contribution in [0.25, 0.3) is 11.0 Å². The number of benzene rings is 1. The van der Waals surface area contributed by atoms with Gasteiger partial charge in [0, 0.05) is 30.5 Å². The SMILES string of the molecule is Cc1cc2oc3c(c(=O)c2cc1Cl)[C@@H](c1cccnc1)N(CCN(C)C)C3=O. The van der Waals surface area contributed by atoms with Crippen molar-refractivity contribution in [3.63, 3.8) is 0 Å². The van der Waals surface area contributed by atoms with E-state index in [1.165, 1.54) is 0 Å². The average molecular weight is 398 g/mol. The molecule has 0 saturated heterocycles.